The average Bonchev–Trinajstić information content (AvgIpc) is 2.31. The Balaban J connectivity index is 2.72. The maximum absolute atomic E-state index is 9.88. The summed E-state index contributed by atoms with van der Waals surface area (Å²) in [6, 6.07) is 0. The maximum atomic E-state index is 9.88. The normalized spacial score (nSPS) is 38.6. The molecule has 0 bridgehead atoms. The van der Waals surface area contributed by atoms with Crippen molar-refractivity contribution in [2.24, 2.45) is 0 Å². The van der Waals surface area contributed by atoms with Crippen molar-refractivity contribution in [2.45, 2.75) is 49.1 Å². The lowest BCUT2D eigenvalue weighted by Crippen LogP contribution is -2.59. The fraction of sp³-hybridized carbons (Fsp3) is 1.00. The highest BCUT2D eigenvalue weighted by molar-refractivity contribution is 8.17. The van der Waals surface area contributed by atoms with Gasteiger partial charge in [-0.2, -0.15) is 0 Å². The molecule has 1 aliphatic rings. The maximum Gasteiger partial charge on any atom is 0.184 e. The van der Waals surface area contributed by atoms with Crippen LogP contribution < -0.4 is 0 Å². The van der Waals surface area contributed by atoms with Gasteiger partial charge >= 0.3 is 0 Å². The topological polar surface area (TPSA) is 90.2 Å². The van der Waals surface area contributed by atoms with E-state index in [9.17, 15) is 20.4 Å². The van der Waals surface area contributed by atoms with Crippen molar-refractivity contribution in [3.8, 4) is 0 Å². The summed E-state index contributed by atoms with van der Waals surface area (Å²) in [6.45, 7) is 3.98. The summed E-state index contributed by atoms with van der Waals surface area (Å²) in [5.41, 5.74) is 0. The van der Waals surface area contributed by atoms with Gasteiger partial charge in [-0.1, -0.05) is 13.8 Å². The van der Waals surface area contributed by atoms with Crippen LogP contribution in [0.1, 0.15) is 13.8 Å². The second kappa shape index (κ2) is 7.18. The van der Waals surface area contributed by atoms with Crippen molar-refractivity contribution in [2.75, 3.05) is 11.5 Å². The molecule has 5 nitrogen and oxygen atoms in total. The van der Waals surface area contributed by atoms with E-state index in [1.807, 2.05) is 13.8 Å². The number of hydrogen-bond donors (Lipinski definition) is 4. The van der Waals surface area contributed by atoms with Crippen molar-refractivity contribution in [1.82, 2.24) is 0 Å². The lowest BCUT2D eigenvalue weighted by atomic mass is 10.00. The fourth-order valence-corrected chi connectivity index (χ4v) is 4.37. The highest BCUT2D eigenvalue weighted by atomic mass is 32.2. The Bertz CT molecular complexity index is 225. The number of ether oxygens (including phenoxy) is 1. The van der Waals surface area contributed by atoms with Gasteiger partial charge in [0, 0.05) is 0 Å². The Morgan fingerprint density at radius 3 is 1.94 bits per heavy atom. The van der Waals surface area contributed by atoms with Crippen molar-refractivity contribution in [3.05, 3.63) is 0 Å². The molecule has 4 N–H and O–H groups in total. The second-order valence-electron chi connectivity index (χ2n) is 3.74. The van der Waals surface area contributed by atoms with Crippen molar-refractivity contribution in [1.29, 1.82) is 0 Å². The number of aliphatic hydroxyl groups is 4. The zero-order valence-electron chi connectivity index (χ0n) is 9.89. The Morgan fingerprint density at radius 1 is 0.941 bits per heavy atom. The van der Waals surface area contributed by atoms with Crippen LogP contribution in [0.5, 0.6) is 0 Å². The SMILES string of the molecule is CCSC(SCC)[C@@H]1O[C@@H](O)[C@@H](O)[C@H](O)[C@@H]1O. The summed E-state index contributed by atoms with van der Waals surface area (Å²) in [5, 5.41) is 38.3. The second-order valence-corrected chi connectivity index (χ2v) is 6.88. The van der Waals surface area contributed by atoms with Crippen LogP contribution in [0, 0.1) is 0 Å². The minimum absolute atomic E-state index is 0.0724. The zero-order valence-corrected chi connectivity index (χ0v) is 11.5. The lowest BCUT2D eigenvalue weighted by Gasteiger charge is -2.41. The molecule has 0 amide bonds. The van der Waals surface area contributed by atoms with Gasteiger partial charge in [0.1, 0.15) is 24.4 Å². The van der Waals surface area contributed by atoms with Crippen LogP contribution >= 0.6 is 23.5 Å². The molecular formula is C10H20O5S2. The summed E-state index contributed by atoms with van der Waals surface area (Å²) in [4.78, 5) is 0. The molecule has 1 rings (SSSR count). The number of thioether (sulfide) groups is 2. The number of aliphatic hydroxyl groups excluding tert-OH is 4. The van der Waals surface area contributed by atoms with E-state index < -0.39 is 30.7 Å². The van der Waals surface area contributed by atoms with Crippen LogP contribution in [0.2, 0.25) is 0 Å². The van der Waals surface area contributed by atoms with Crippen LogP contribution in [-0.4, -0.2) is 67.2 Å². The van der Waals surface area contributed by atoms with Crippen molar-refractivity contribution >= 4 is 23.5 Å². The molecule has 7 heteroatoms. The van der Waals surface area contributed by atoms with Gasteiger partial charge in [-0.05, 0) is 11.5 Å². The zero-order chi connectivity index (χ0) is 13.0. The average molecular weight is 284 g/mol. The largest absolute Gasteiger partial charge is 0.388 e. The molecule has 0 aromatic carbocycles. The van der Waals surface area contributed by atoms with Gasteiger partial charge in [-0.3, -0.25) is 0 Å². The third-order valence-corrected chi connectivity index (χ3v) is 5.23. The first-order chi connectivity index (χ1) is 8.02. The van der Waals surface area contributed by atoms with Gasteiger partial charge < -0.3 is 25.2 Å². The molecular weight excluding hydrogens is 264 g/mol. The van der Waals surface area contributed by atoms with Gasteiger partial charge in [0.2, 0.25) is 0 Å². The number of rotatable bonds is 5. The molecule has 1 heterocycles. The predicted octanol–water partition coefficient (Wildman–Crippen LogP) is -0.381. The van der Waals surface area contributed by atoms with Crippen LogP contribution in [0.4, 0.5) is 0 Å². The smallest absolute Gasteiger partial charge is 0.184 e. The highest BCUT2D eigenvalue weighted by Crippen LogP contribution is 2.34. The molecule has 0 saturated carbocycles. The van der Waals surface area contributed by atoms with E-state index in [-0.39, 0.29) is 4.58 Å². The van der Waals surface area contributed by atoms with Crippen LogP contribution in [0.3, 0.4) is 0 Å². The van der Waals surface area contributed by atoms with E-state index in [0.717, 1.165) is 11.5 Å². The Kier molecular flexibility index (Phi) is 6.57. The van der Waals surface area contributed by atoms with Gasteiger partial charge in [0.15, 0.2) is 6.29 Å². The molecule has 1 aliphatic heterocycles. The van der Waals surface area contributed by atoms with Crippen LogP contribution in [0.25, 0.3) is 0 Å². The van der Waals surface area contributed by atoms with Crippen LogP contribution in [0.15, 0.2) is 0 Å². The number of hydrogen-bond acceptors (Lipinski definition) is 7. The van der Waals surface area contributed by atoms with E-state index in [4.69, 9.17) is 4.74 Å². The molecule has 0 radical (unpaired) electrons. The molecule has 17 heavy (non-hydrogen) atoms. The lowest BCUT2D eigenvalue weighted by molar-refractivity contribution is -0.278. The van der Waals surface area contributed by atoms with E-state index in [1.165, 1.54) is 0 Å². The van der Waals surface area contributed by atoms with Gasteiger partial charge in [-0.25, -0.2) is 0 Å². The molecule has 1 fully saturated rings. The van der Waals surface area contributed by atoms with E-state index in [2.05, 4.69) is 0 Å². The van der Waals surface area contributed by atoms with E-state index >= 15 is 0 Å². The third-order valence-electron chi connectivity index (χ3n) is 2.56. The van der Waals surface area contributed by atoms with Gasteiger partial charge in [-0.15, -0.1) is 23.5 Å². The summed E-state index contributed by atoms with van der Waals surface area (Å²) in [6.07, 6.45) is -6.15. The molecule has 0 aliphatic carbocycles. The summed E-state index contributed by atoms with van der Waals surface area (Å²) < 4.78 is 5.13. The monoisotopic (exact) mass is 284 g/mol. The summed E-state index contributed by atoms with van der Waals surface area (Å²) in [5.74, 6) is 1.69. The molecule has 1 saturated heterocycles. The van der Waals surface area contributed by atoms with Crippen molar-refractivity contribution < 1.29 is 25.2 Å². The molecule has 5 atom stereocenters. The first-order valence-electron chi connectivity index (χ1n) is 5.63. The van der Waals surface area contributed by atoms with Gasteiger partial charge in [0.25, 0.3) is 0 Å². The molecule has 0 unspecified atom stereocenters. The van der Waals surface area contributed by atoms with Crippen LogP contribution in [-0.2, 0) is 4.74 Å². The molecule has 0 aromatic rings. The standard InChI is InChI=1S/C10H20O5S2/c1-3-16-10(17-4-2)8-6(12)5(11)7(13)9(14)15-8/h5-14H,3-4H2,1-2H3/t5-,6+,7+,8-,9-/m1/s1. The quantitative estimate of drug-likeness (QED) is 0.512. The van der Waals surface area contributed by atoms with E-state index in [0.29, 0.717) is 0 Å². The first-order valence-corrected chi connectivity index (χ1v) is 7.73. The van der Waals surface area contributed by atoms with Gasteiger partial charge in [0.05, 0.1) is 4.58 Å². The fourth-order valence-electron chi connectivity index (χ4n) is 1.68. The Hall–Kier alpha value is 0.500. The minimum Gasteiger partial charge on any atom is -0.388 e. The third kappa shape index (κ3) is 3.73. The Morgan fingerprint density at radius 2 is 1.47 bits per heavy atom. The van der Waals surface area contributed by atoms with Crippen molar-refractivity contribution in [3.63, 3.8) is 0 Å². The molecule has 0 aromatic heterocycles. The Labute approximate surface area is 110 Å². The summed E-state index contributed by atoms with van der Waals surface area (Å²) >= 11 is 3.18. The predicted molar refractivity (Wildman–Crippen MR) is 69.0 cm³/mol. The van der Waals surface area contributed by atoms with E-state index in [1.54, 1.807) is 23.5 Å². The molecule has 0 spiro atoms. The molecule has 102 valence electrons. The first kappa shape index (κ1) is 15.6. The minimum atomic E-state index is -1.46. The highest BCUT2D eigenvalue weighted by Gasteiger charge is 2.46. The summed E-state index contributed by atoms with van der Waals surface area (Å²) in [7, 11) is 0.